The van der Waals surface area contributed by atoms with Gasteiger partial charge in [-0.15, -0.1) is 0 Å². The molecule has 0 radical (unpaired) electrons. The average molecular weight is 206 g/mol. The molecule has 1 rings (SSSR count). The van der Waals surface area contributed by atoms with Crippen molar-refractivity contribution in [2.75, 3.05) is 18.9 Å². The maximum absolute atomic E-state index is 11.1. The van der Waals surface area contributed by atoms with E-state index in [1.54, 1.807) is 7.05 Å². The normalized spacial score (nSPS) is 9.73. The molecular weight excluding hydrogens is 188 g/mol. The van der Waals surface area contributed by atoms with Crippen molar-refractivity contribution in [3.63, 3.8) is 0 Å². The molecule has 0 bridgehead atoms. The first-order chi connectivity index (χ1) is 7.27. The topological polar surface area (TPSA) is 41.1 Å². The highest BCUT2D eigenvalue weighted by Crippen LogP contribution is 2.16. The highest BCUT2D eigenvalue weighted by Gasteiger charge is 2.03. The van der Waals surface area contributed by atoms with Gasteiger partial charge in [-0.3, -0.25) is 4.79 Å². The summed E-state index contributed by atoms with van der Waals surface area (Å²) in [6.45, 7) is 2.96. The number of para-hydroxylation sites is 1. The largest absolute Gasteiger partial charge is 0.385 e. The molecule has 0 aromatic heterocycles. The molecule has 0 unspecified atom stereocenters. The smallest absolute Gasteiger partial charge is 0.220 e. The van der Waals surface area contributed by atoms with Crippen molar-refractivity contribution < 1.29 is 4.79 Å². The standard InChI is InChI=1S/C12H18N2O/c1-3-14-11-7-5-4-6-10(11)8-9-12(15)13-2/h4-7,14H,3,8-9H2,1-2H3,(H,13,15). The van der Waals surface area contributed by atoms with Gasteiger partial charge in [0, 0.05) is 25.7 Å². The van der Waals surface area contributed by atoms with Gasteiger partial charge in [0.2, 0.25) is 5.91 Å². The lowest BCUT2D eigenvalue weighted by molar-refractivity contribution is -0.120. The zero-order valence-electron chi connectivity index (χ0n) is 9.34. The van der Waals surface area contributed by atoms with E-state index in [1.165, 1.54) is 5.56 Å². The molecule has 1 aromatic rings. The van der Waals surface area contributed by atoms with E-state index in [4.69, 9.17) is 0 Å². The van der Waals surface area contributed by atoms with Gasteiger partial charge >= 0.3 is 0 Å². The first-order valence-electron chi connectivity index (χ1n) is 5.30. The fraction of sp³-hybridized carbons (Fsp3) is 0.417. The molecule has 0 aliphatic rings. The van der Waals surface area contributed by atoms with Gasteiger partial charge in [0.1, 0.15) is 0 Å². The Morgan fingerprint density at radius 1 is 1.33 bits per heavy atom. The first kappa shape index (κ1) is 11.6. The summed E-state index contributed by atoms with van der Waals surface area (Å²) >= 11 is 0. The van der Waals surface area contributed by atoms with Gasteiger partial charge in [0.25, 0.3) is 0 Å². The average Bonchev–Trinajstić information content (AvgIpc) is 2.28. The second-order valence-electron chi connectivity index (χ2n) is 3.36. The Morgan fingerprint density at radius 3 is 2.73 bits per heavy atom. The van der Waals surface area contributed by atoms with Crippen LogP contribution in [-0.4, -0.2) is 19.5 Å². The van der Waals surface area contributed by atoms with Crippen LogP contribution in [0.5, 0.6) is 0 Å². The summed E-state index contributed by atoms with van der Waals surface area (Å²) in [5.41, 5.74) is 2.33. The Balaban J connectivity index is 2.62. The monoisotopic (exact) mass is 206 g/mol. The van der Waals surface area contributed by atoms with Crippen molar-refractivity contribution in [1.29, 1.82) is 0 Å². The van der Waals surface area contributed by atoms with Crippen LogP contribution in [0.4, 0.5) is 5.69 Å². The van der Waals surface area contributed by atoms with Crippen LogP contribution < -0.4 is 10.6 Å². The van der Waals surface area contributed by atoms with Crippen LogP contribution in [-0.2, 0) is 11.2 Å². The molecule has 0 atom stereocenters. The van der Waals surface area contributed by atoms with Gasteiger partial charge in [-0.1, -0.05) is 18.2 Å². The van der Waals surface area contributed by atoms with Gasteiger partial charge in [-0.05, 0) is 25.0 Å². The van der Waals surface area contributed by atoms with Gasteiger partial charge < -0.3 is 10.6 Å². The SMILES string of the molecule is CCNc1ccccc1CCC(=O)NC. The number of hydrogen-bond acceptors (Lipinski definition) is 2. The quantitative estimate of drug-likeness (QED) is 0.771. The molecule has 15 heavy (non-hydrogen) atoms. The number of anilines is 1. The molecule has 3 nitrogen and oxygen atoms in total. The minimum atomic E-state index is 0.0845. The van der Waals surface area contributed by atoms with Crippen molar-refractivity contribution in [1.82, 2.24) is 5.32 Å². The summed E-state index contributed by atoms with van der Waals surface area (Å²) in [5.74, 6) is 0.0845. The lowest BCUT2D eigenvalue weighted by Gasteiger charge is -2.09. The van der Waals surface area contributed by atoms with E-state index in [0.29, 0.717) is 6.42 Å². The molecule has 0 spiro atoms. The molecule has 0 heterocycles. The van der Waals surface area contributed by atoms with E-state index < -0.39 is 0 Å². The highest BCUT2D eigenvalue weighted by molar-refractivity contribution is 5.76. The minimum Gasteiger partial charge on any atom is -0.385 e. The maximum Gasteiger partial charge on any atom is 0.220 e. The fourth-order valence-corrected chi connectivity index (χ4v) is 1.47. The summed E-state index contributed by atoms with van der Waals surface area (Å²) in [7, 11) is 1.67. The van der Waals surface area contributed by atoms with Crippen LogP contribution in [0.3, 0.4) is 0 Å². The number of hydrogen-bond donors (Lipinski definition) is 2. The minimum absolute atomic E-state index is 0.0845. The Kier molecular flexibility index (Phi) is 4.68. The Bertz CT molecular complexity index is 323. The van der Waals surface area contributed by atoms with Gasteiger partial charge in [-0.25, -0.2) is 0 Å². The van der Waals surface area contributed by atoms with Crippen LogP contribution in [0, 0.1) is 0 Å². The number of amides is 1. The van der Waals surface area contributed by atoms with Crippen molar-refractivity contribution in [3.8, 4) is 0 Å². The number of benzene rings is 1. The third-order valence-corrected chi connectivity index (χ3v) is 2.28. The van der Waals surface area contributed by atoms with Crippen LogP contribution >= 0.6 is 0 Å². The van der Waals surface area contributed by atoms with Crippen LogP contribution in [0.2, 0.25) is 0 Å². The summed E-state index contributed by atoms with van der Waals surface area (Å²) < 4.78 is 0. The molecular formula is C12H18N2O. The summed E-state index contributed by atoms with van der Waals surface area (Å²) in [6.07, 6.45) is 1.32. The predicted molar refractivity (Wildman–Crippen MR) is 63.0 cm³/mol. The van der Waals surface area contributed by atoms with E-state index in [1.807, 2.05) is 18.2 Å². The summed E-state index contributed by atoms with van der Waals surface area (Å²) in [4.78, 5) is 11.1. The maximum atomic E-state index is 11.1. The molecule has 82 valence electrons. The predicted octanol–water partition coefficient (Wildman–Crippen LogP) is 1.80. The molecule has 0 aliphatic carbocycles. The molecule has 0 fully saturated rings. The number of rotatable bonds is 5. The number of carbonyl (C=O) groups excluding carboxylic acids is 1. The van der Waals surface area contributed by atoms with E-state index in [2.05, 4.69) is 23.6 Å². The Hall–Kier alpha value is -1.51. The third kappa shape index (κ3) is 3.62. The van der Waals surface area contributed by atoms with E-state index in [0.717, 1.165) is 18.7 Å². The van der Waals surface area contributed by atoms with Crippen molar-refractivity contribution in [2.45, 2.75) is 19.8 Å². The lowest BCUT2D eigenvalue weighted by Crippen LogP contribution is -2.18. The van der Waals surface area contributed by atoms with E-state index >= 15 is 0 Å². The van der Waals surface area contributed by atoms with Gasteiger partial charge in [-0.2, -0.15) is 0 Å². The van der Waals surface area contributed by atoms with Crippen LogP contribution in [0.1, 0.15) is 18.9 Å². The van der Waals surface area contributed by atoms with Gasteiger partial charge in [0.05, 0.1) is 0 Å². The molecule has 3 heteroatoms. The zero-order valence-corrected chi connectivity index (χ0v) is 9.34. The Labute approximate surface area is 90.9 Å². The molecule has 1 amide bonds. The first-order valence-corrected chi connectivity index (χ1v) is 5.30. The fourth-order valence-electron chi connectivity index (χ4n) is 1.47. The molecule has 2 N–H and O–H groups in total. The van der Waals surface area contributed by atoms with Crippen molar-refractivity contribution in [2.24, 2.45) is 0 Å². The van der Waals surface area contributed by atoms with Gasteiger partial charge in [0.15, 0.2) is 0 Å². The summed E-state index contributed by atoms with van der Waals surface area (Å²) in [6, 6.07) is 8.10. The Morgan fingerprint density at radius 2 is 2.07 bits per heavy atom. The molecule has 0 saturated heterocycles. The van der Waals surface area contributed by atoms with E-state index in [9.17, 15) is 4.79 Å². The molecule has 1 aromatic carbocycles. The van der Waals surface area contributed by atoms with Crippen molar-refractivity contribution in [3.05, 3.63) is 29.8 Å². The van der Waals surface area contributed by atoms with E-state index in [-0.39, 0.29) is 5.91 Å². The van der Waals surface area contributed by atoms with Crippen LogP contribution in [0.25, 0.3) is 0 Å². The highest BCUT2D eigenvalue weighted by atomic mass is 16.1. The number of carbonyl (C=O) groups is 1. The summed E-state index contributed by atoms with van der Waals surface area (Å²) in [5, 5.41) is 5.91. The van der Waals surface area contributed by atoms with Crippen molar-refractivity contribution >= 4 is 11.6 Å². The van der Waals surface area contributed by atoms with Crippen LogP contribution in [0.15, 0.2) is 24.3 Å². The lowest BCUT2D eigenvalue weighted by atomic mass is 10.1. The number of nitrogens with one attached hydrogen (secondary N) is 2. The number of aryl methyl sites for hydroxylation is 1. The second-order valence-corrected chi connectivity index (χ2v) is 3.36. The molecule has 0 saturated carbocycles. The second kappa shape index (κ2) is 6.06. The molecule has 0 aliphatic heterocycles. The third-order valence-electron chi connectivity index (χ3n) is 2.28. The zero-order chi connectivity index (χ0) is 11.1.